The van der Waals surface area contributed by atoms with Crippen LogP contribution in [0.1, 0.15) is 17.7 Å². The molecule has 0 aliphatic carbocycles. The predicted octanol–water partition coefficient (Wildman–Crippen LogP) is 2.42. The average Bonchev–Trinajstić information content (AvgIpc) is 2.95. The molecule has 2 aliphatic heterocycles. The summed E-state index contributed by atoms with van der Waals surface area (Å²) < 4.78 is 6.04. The number of fused-ring (bicyclic) bond motifs is 2. The summed E-state index contributed by atoms with van der Waals surface area (Å²) in [5.41, 5.74) is 3.01. The number of hydrogen-bond acceptors (Lipinski definition) is 10. The molecule has 2 aromatic carbocycles. The van der Waals surface area contributed by atoms with Crippen LogP contribution in [0.2, 0.25) is 0 Å². The number of nitrogens with zero attached hydrogens (tertiary/aromatic N) is 6. The summed E-state index contributed by atoms with van der Waals surface area (Å²) in [5, 5.41) is 22.3. The Morgan fingerprint density at radius 3 is 2.77 bits per heavy atom. The highest BCUT2D eigenvalue weighted by molar-refractivity contribution is 5.95. The quantitative estimate of drug-likeness (QED) is 0.291. The predicted molar refractivity (Wildman–Crippen MR) is 156 cm³/mol. The van der Waals surface area contributed by atoms with Gasteiger partial charge in [0.15, 0.2) is 0 Å². The molecule has 1 fully saturated rings. The van der Waals surface area contributed by atoms with Crippen molar-refractivity contribution in [3.05, 3.63) is 59.9 Å². The van der Waals surface area contributed by atoms with Crippen molar-refractivity contribution >= 4 is 28.6 Å². The molecular formula is C30H38N6O4. The fourth-order valence-electron chi connectivity index (χ4n) is 5.59. The summed E-state index contributed by atoms with van der Waals surface area (Å²) in [6, 6.07) is 12.1. The molecule has 10 nitrogen and oxygen atoms in total. The van der Waals surface area contributed by atoms with Gasteiger partial charge in [-0.15, -0.1) is 0 Å². The number of aromatic hydroxyl groups is 1. The molecule has 3 heterocycles. The number of rotatable bonds is 10. The first-order valence-electron chi connectivity index (χ1n) is 13.8. The lowest BCUT2D eigenvalue weighted by atomic mass is 10.0. The fraction of sp³-hybridized carbons (Fsp3) is 0.433. The molecular weight excluding hydrogens is 508 g/mol. The van der Waals surface area contributed by atoms with E-state index in [9.17, 15) is 15.0 Å². The Morgan fingerprint density at radius 1 is 1.12 bits per heavy atom. The lowest BCUT2D eigenvalue weighted by Gasteiger charge is -2.42. The first-order chi connectivity index (χ1) is 19.5. The molecule has 0 amide bonds. The van der Waals surface area contributed by atoms with Gasteiger partial charge in [-0.25, -0.2) is 0 Å². The number of aliphatic hydroxyl groups is 1. The number of hydrogen-bond donors (Lipinski definition) is 2. The van der Waals surface area contributed by atoms with E-state index in [1.165, 1.54) is 6.08 Å². The van der Waals surface area contributed by atoms with Gasteiger partial charge in [-0.3, -0.25) is 4.79 Å². The number of likely N-dealkylation sites (N-methyl/N-ethyl adjacent to an activating group) is 1. The van der Waals surface area contributed by atoms with Gasteiger partial charge in [0.05, 0.1) is 12.2 Å². The van der Waals surface area contributed by atoms with Crippen LogP contribution in [-0.2, 0) is 17.8 Å². The second-order valence-electron chi connectivity index (χ2n) is 10.6. The van der Waals surface area contributed by atoms with Gasteiger partial charge in [0.1, 0.15) is 24.5 Å². The van der Waals surface area contributed by atoms with Gasteiger partial charge < -0.3 is 34.5 Å². The van der Waals surface area contributed by atoms with Crippen molar-refractivity contribution in [1.82, 2.24) is 19.8 Å². The van der Waals surface area contributed by atoms with Gasteiger partial charge in [-0.05, 0) is 44.5 Å². The Balaban J connectivity index is 1.48. The SMILES string of the molecule is CN(C)CCOc1nc2c(c(N3CCN(C=CC=O)[C@H](CCO)C3)n1)CCN(c1cc(O)cc3ccccc13)C2. The van der Waals surface area contributed by atoms with Crippen molar-refractivity contribution in [3.63, 3.8) is 0 Å². The molecule has 0 radical (unpaired) electrons. The third-order valence-corrected chi connectivity index (χ3v) is 7.60. The number of aromatic nitrogens is 2. The molecule has 212 valence electrons. The highest BCUT2D eigenvalue weighted by atomic mass is 16.5. The summed E-state index contributed by atoms with van der Waals surface area (Å²) in [6.45, 7) is 4.74. The maximum atomic E-state index is 10.9. The van der Waals surface area contributed by atoms with Crippen LogP contribution < -0.4 is 14.5 Å². The Hall–Kier alpha value is -3.89. The summed E-state index contributed by atoms with van der Waals surface area (Å²) in [4.78, 5) is 29.4. The van der Waals surface area contributed by atoms with Gasteiger partial charge in [0, 0.05) is 74.3 Å². The smallest absolute Gasteiger partial charge is 0.318 e. The largest absolute Gasteiger partial charge is 0.508 e. The van der Waals surface area contributed by atoms with E-state index in [4.69, 9.17) is 14.7 Å². The molecule has 0 bridgehead atoms. The van der Waals surface area contributed by atoms with Crippen LogP contribution in [0.5, 0.6) is 11.8 Å². The number of benzene rings is 2. The number of phenols is 1. The summed E-state index contributed by atoms with van der Waals surface area (Å²) in [6.07, 6.45) is 5.44. The molecule has 0 saturated carbocycles. The molecule has 3 aromatic rings. The number of allylic oxidation sites excluding steroid dienone is 1. The number of ether oxygens (including phenoxy) is 1. The zero-order valence-corrected chi connectivity index (χ0v) is 23.2. The molecule has 0 spiro atoms. The third kappa shape index (κ3) is 6.13. The summed E-state index contributed by atoms with van der Waals surface area (Å²) >= 11 is 0. The first-order valence-corrected chi connectivity index (χ1v) is 13.8. The third-order valence-electron chi connectivity index (χ3n) is 7.60. The first kappa shape index (κ1) is 27.7. The van der Waals surface area contributed by atoms with Crippen LogP contribution in [0, 0.1) is 0 Å². The monoisotopic (exact) mass is 546 g/mol. The zero-order valence-electron chi connectivity index (χ0n) is 23.2. The molecule has 1 saturated heterocycles. The van der Waals surface area contributed by atoms with Gasteiger partial charge in [0.25, 0.3) is 0 Å². The van der Waals surface area contributed by atoms with E-state index in [2.05, 4.69) is 25.7 Å². The van der Waals surface area contributed by atoms with Gasteiger partial charge in [0.2, 0.25) is 0 Å². The van der Waals surface area contributed by atoms with E-state index in [0.717, 1.165) is 65.9 Å². The number of aliphatic hydroxyl groups excluding tert-OH is 1. The lowest BCUT2D eigenvalue weighted by molar-refractivity contribution is -0.104. The Bertz CT molecular complexity index is 1360. The number of carbonyl (C=O) groups is 1. The molecule has 1 aromatic heterocycles. The second kappa shape index (κ2) is 12.5. The van der Waals surface area contributed by atoms with E-state index in [1.807, 2.05) is 44.6 Å². The van der Waals surface area contributed by atoms with Crippen LogP contribution in [0.25, 0.3) is 10.8 Å². The number of aldehydes is 1. The number of piperazine rings is 1. The summed E-state index contributed by atoms with van der Waals surface area (Å²) in [5.74, 6) is 1.12. The standard InChI is InChI=1S/C30H38N6O4/c1-33(2)14-17-40-30-31-27-21-35(28-19-24(39)18-22-6-3-4-7-25(22)28)11-8-26(27)29(32-30)36-13-12-34(10-5-15-37)23(20-36)9-16-38/h3-7,10,15,18-19,23,38-39H,8-9,11-14,16-17,20-21H2,1-2H3/t23-/m1/s1. The van der Waals surface area contributed by atoms with E-state index < -0.39 is 0 Å². The number of anilines is 2. The van der Waals surface area contributed by atoms with Crippen molar-refractivity contribution in [2.24, 2.45) is 0 Å². The molecule has 1 atom stereocenters. The van der Waals surface area contributed by atoms with Crippen LogP contribution in [0.3, 0.4) is 0 Å². The highest BCUT2D eigenvalue weighted by Crippen LogP contribution is 2.36. The molecule has 0 unspecified atom stereocenters. The van der Waals surface area contributed by atoms with Gasteiger partial charge >= 0.3 is 6.01 Å². The second-order valence-corrected chi connectivity index (χ2v) is 10.6. The van der Waals surface area contributed by atoms with Crippen molar-refractivity contribution < 1.29 is 19.7 Å². The minimum atomic E-state index is 0.0532. The highest BCUT2D eigenvalue weighted by Gasteiger charge is 2.31. The van der Waals surface area contributed by atoms with Crippen molar-refractivity contribution in [3.8, 4) is 11.8 Å². The topological polar surface area (TPSA) is 106 Å². The van der Waals surface area contributed by atoms with Gasteiger partial charge in [-0.2, -0.15) is 9.97 Å². The maximum absolute atomic E-state index is 10.9. The Morgan fingerprint density at radius 2 is 1.98 bits per heavy atom. The lowest BCUT2D eigenvalue weighted by Crippen LogP contribution is -2.52. The molecule has 10 heteroatoms. The molecule has 5 rings (SSSR count). The fourth-order valence-corrected chi connectivity index (χ4v) is 5.59. The zero-order chi connectivity index (χ0) is 28.1. The number of phenolic OH excluding ortho intramolecular Hbond substituents is 1. The molecule has 2 N–H and O–H groups in total. The van der Waals surface area contributed by atoms with Gasteiger partial charge in [-0.1, -0.05) is 24.3 Å². The van der Waals surface area contributed by atoms with Crippen molar-refractivity contribution in [2.75, 3.05) is 69.8 Å². The van der Waals surface area contributed by atoms with Crippen molar-refractivity contribution in [1.29, 1.82) is 0 Å². The normalized spacial score (nSPS) is 17.6. The maximum Gasteiger partial charge on any atom is 0.318 e. The van der Waals surface area contributed by atoms with Crippen LogP contribution in [-0.4, -0.2) is 102 Å². The Kier molecular flexibility index (Phi) is 8.66. The number of carbonyl (C=O) groups excluding carboxylic acids is 1. The van der Waals surface area contributed by atoms with E-state index >= 15 is 0 Å². The molecule has 2 aliphatic rings. The minimum Gasteiger partial charge on any atom is -0.508 e. The minimum absolute atomic E-state index is 0.0532. The van der Waals surface area contributed by atoms with Crippen LogP contribution in [0.4, 0.5) is 11.5 Å². The van der Waals surface area contributed by atoms with E-state index in [0.29, 0.717) is 38.7 Å². The average molecular weight is 547 g/mol. The van der Waals surface area contributed by atoms with Crippen LogP contribution in [0.15, 0.2) is 48.7 Å². The van der Waals surface area contributed by atoms with E-state index in [1.54, 1.807) is 6.07 Å². The Labute approximate surface area is 235 Å². The summed E-state index contributed by atoms with van der Waals surface area (Å²) in [7, 11) is 4.00. The van der Waals surface area contributed by atoms with Crippen LogP contribution >= 0.6 is 0 Å². The molecule has 40 heavy (non-hydrogen) atoms. The van der Waals surface area contributed by atoms with Crippen molar-refractivity contribution in [2.45, 2.75) is 25.4 Å². The van der Waals surface area contributed by atoms with E-state index in [-0.39, 0.29) is 18.4 Å².